The Labute approximate surface area is 677 Å². The summed E-state index contributed by atoms with van der Waals surface area (Å²) in [5.74, 6) is -12.7. The van der Waals surface area contributed by atoms with Gasteiger partial charge < -0.3 is 75.8 Å². The molecule has 0 aromatic heterocycles. The van der Waals surface area contributed by atoms with E-state index < -0.39 is 181 Å². The molecule has 0 aliphatic heterocycles. The fraction of sp³-hybridized carbons (Fsp3) is 0.607. The smallest absolute Gasteiger partial charge is 0.410 e. The van der Waals surface area contributed by atoms with Crippen LogP contribution < -0.4 is 26.6 Å². The van der Waals surface area contributed by atoms with Crippen LogP contribution in [-0.2, 0) is 78.3 Å². The zero-order valence-electron chi connectivity index (χ0n) is 70.7. The molecule has 634 valence electrons. The topological polar surface area (TPSA) is 392 Å². The first-order valence-electron chi connectivity index (χ1n) is 39.8. The average Bonchev–Trinajstić information content (AvgIpc) is 1.57. The van der Waals surface area contributed by atoms with Gasteiger partial charge in [-0.3, -0.25) is 67.2 Å². The third-order valence-corrected chi connectivity index (χ3v) is 21.9. The van der Waals surface area contributed by atoms with Crippen LogP contribution >= 0.6 is 0 Å². The number of benzene rings is 3. The Morgan fingerprint density at radius 3 is 1.38 bits per heavy atom. The monoisotopic (exact) mass is 1600 g/mol. The molecule has 2 aliphatic carbocycles. The number of likely N-dealkylation sites (N-methyl/N-ethyl adjacent to an activating group) is 8. The first-order chi connectivity index (χ1) is 53.9. The number of rotatable bonds is 41. The molecule has 0 heterocycles. The zero-order valence-corrected chi connectivity index (χ0v) is 70.7. The van der Waals surface area contributed by atoms with E-state index in [2.05, 4.69) is 26.6 Å². The van der Waals surface area contributed by atoms with E-state index in [0.717, 1.165) is 66.0 Å². The van der Waals surface area contributed by atoms with Gasteiger partial charge in [-0.15, -0.1) is 0 Å². The number of ether oxygens (including phenoxy) is 1. The van der Waals surface area contributed by atoms with Crippen LogP contribution in [0.4, 0.5) is 4.79 Å². The first kappa shape index (κ1) is 95.1. The maximum Gasteiger partial charge on any atom is 0.410 e. The number of carbonyl (C=O) groups is 15. The van der Waals surface area contributed by atoms with Crippen molar-refractivity contribution >= 4 is 88.9 Å². The summed E-state index contributed by atoms with van der Waals surface area (Å²) >= 11 is 0. The van der Waals surface area contributed by atoms with Crippen LogP contribution in [0.1, 0.15) is 170 Å². The van der Waals surface area contributed by atoms with Crippen molar-refractivity contribution in [2.75, 3.05) is 76.1 Å². The summed E-state index contributed by atoms with van der Waals surface area (Å²) in [6, 6.07) is 10.7. The molecule has 13 amide bonds. The lowest BCUT2D eigenvalue weighted by molar-refractivity contribution is -0.158. The Bertz CT molecular complexity index is 3880. The van der Waals surface area contributed by atoms with E-state index in [9.17, 15) is 82.1 Å². The zero-order chi connectivity index (χ0) is 86.3. The van der Waals surface area contributed by atoms with E-state index in [1.165, 1.54) is 98.8 Å². The van der Waals surface area contributed by atoms with Gasteiger partial charge in [0.15, 0.2) is 0 Å². The van der Waals surface area contributed by atoms with Gasteiger partial charge in [0.2, 0.25) is 70.9 Å². The molecule has 31 nitrogen and oxygen atoms in total. The predicted octanol–water partition coefficient (Wildman–Crippen LogP) is 5.36. The molecule has 0 radical (unpaired) electrons. The lowest BCUT2D eigenvalue weighted by Gasteiger charge is -2.40. The number of hydrogen-bond donors (Lipinski definition) is 7. The van der Waals surface area contributed by atoms with E-state index in [-0.39, 0.29) is 68.3 Å². The fourth-order valence-electron chi connectivity index (χ4n) is 14.7. The molecule has 1 fully saturated rings. The van der Waals surface area contributed by atoms with Gasteiger partial charge in [0, 0.05) is 68.7 Å². The van der Waals surface area contributed by atoms with Crippen molar-refractivity contribution in [3.8, 4) is 11.1 Å². The number of carboxylic acid groups (broad SMARTS) is 2. The van der Waals surface area contributed by atoms with E-state index in [4.69, 9.17) is 4.74 Å². The Hall–Kier alpha value is -10.5. The molecule has 0 saturated heterocycles. The second-order valence-electron chi connectivity index (χ2n) is 32.6. The summed E-state index contributed by atoms with van der Waals surface area (Å²) in [5.41, 5.74) is 4.80. The largest absolute Gasteiger partial charge is 0.481 e. The Kier molecular flexibility index (Phi) is 36.3. The summed E-state index contributed by atoms with van der Waals surface area (Å²) < 4.78 is 5.80. The molecule has 115 heavy (non-hydrogen) atoms. The second-order valence-corrected chi connectivity index (χ2v) is 32.6. The number of fused-ring (bicyclic) bond motifs is 3. The molecule has 3 aromatic rings. The minimum Gasteiger partial charge on any atom is -0.481 e. The van der Waals surface area contributed by atoms with Crippen molar-refractivity contribution in [2.45, 2.75) is 226 Å². The lowest BCUT2D eigenvalue weighted by Crippen LogP contribution is -2.60. The fourth-order valence-corrected chi connectivity index (χ4v) is 14.7. The third-order valence-electron chi connectivity index (χ3n) is 21.9. The minimum absolute atomic E-state index is 0.0274. The molecule has 0 unspecified atom stereocenters. The number of amides is 13. The van der Waals surface area contributed by atoms with E-state index >= 15 is 0 Å². The number of carboxylic acids is 2. The molecule has 0 spiro atoms. The standard InChI is InChI=1S/C84H125N13O18/c1-48(2)39-63(88-75(104)55(12)93(16)84(114)115-47-62-60-37-29-27-35-58(60)59-36-28-30-38-61(59)62)78(107)90(13)46-70(99)91(14)54(11)74(103)89-65(41-50(5)6)80(109)95(18)67(43-56-31-23-21-24-32-56)81(110)92(15)53(10)73(102)85-45-69(98)87-64(40-49(3)4)79(108)94(17)66(42-51(7)8)76(105)86-52(9)77(106)97(20)72(57-33-25-22-26-34-57)82(111)96(19)68(83(112)113)44-71(100)101/h21,23-24,27-32,35-38,48-55,57,62-68,72H,22,25-26,33-34,39-47H2,1-20H3,(H,85,102)(H,86,105)(H,87,98)(H,88,104)(H,89,103)(H,100,101)(H,112,113)/t52-,53-,54-,55-,63-,64-,65-,66-,67-,68-,72-/m0/s1. The van der Waals surface area contributed by atoms with Crippen molar-refractivity contribution in [2.24, 2.45) is 29.6 Å². The number of nitrogens with one attached hydrogen (secondary N) is 5. The summed E-state index contributed by atoms with van der Waals surface area (Å²) in [5, 5.41) is 32.9. The van der Waals surface area contributed by atoms with Crippen LogP contribution in [0.5, 0.6) is 0 Å². The molecule has 2 aliphatic rings. The average molecular weight is 1600 g/mol. The highest BCUT2D eigenvalue weighted by Crippen LogP contribution is 2.45. The number of nitrogens with zero attached hydrogens (tertiary/aromatic N) is 8. The van der Waals surface area contributed by atoms with Gasteiger partial charge >= 0.3 is 18.0 Å². The molecule has 1 saturated carbocycles. The Balaban J connectivity index is 1.22. The minimum atomic E-state index is -1.72. The molecule has 0 bridgehead atoms. The molecule has 3 aromatic carbocycles. The van der Waals surface area contributed by atoms with Crippen LogP contribution in [0.3, 0.4) is 0 Å². The second kappa shape index (κ2) is 43.8. The summed E-state index contributed by atoms with van der Waals surface area (Å²) in [6.07, 6.45) is 2.19. The molecule has 5 rings (SSSR count). The lowest BCUT2D eigenvalue weighted by atomic mass is 9.82. The first-order valence-corrected chi connectivity index (χ1v) is 39.8. The summed E-state index contributed by atoms with van der Waals surface area (Å²) in [6.45, 7) is 19.3. The maximum absolute atomic E-state index is 14.9. The summed E-state index contributed by atoms with van der Waals surface area (Å²) in [7, 11) is 10.9. The van der Waals surface area contributed by atoms with Crippen LogP contribution in [0.2, 0.25) is 0 Å². The van der Waals surface area contributed by atoms with E-state index in [1.54, 1.807) is 30.3 Å². The number of hydrogen-bond acceptors (Lipinski definition) is 16. The van der Waals surface area contributed by atoms with Crippen LogP contribution in [-0.4, -0.2) is 281 Å². The molecular weight excluding hydrogens is 1480 g/mol. The van der Waals surface area contributed by atoms with E-state index in [1.807, 2.05) is 104 Å². The van der Waals surface area contributed by atoms with Crippen molar-refractivity contribution in [3.63, 3.8) is 0 Å². The van der Waals surface area contributed by atoms with Crippen molar-refractivity contribution in [1.29, 1.82) is 0 Å². The van der Waals surface area contributed by atoms with Crippen molar-refractivity contribution in [1.82, 2.24) is 65.8 Å². The molecule has 11 atom stereocenters. The third kappa shape index (κ3) is 26.3. The summed E-state index contributed by atoms with van der Waals surface area (Å²) in [4.78, 5) is 218. The van der Waals surface area contributed by atoms with Gasteiger partial charge in [-0.05, 0) is 124 Å². The van der Waals surface area contributed by atoms with Gasteiger partial charge in [0.1, 0.15) is 73.1 Å². The van der Waals surface area contributed by atoms with Crippen LogP contribution in [0.15, 0.2) is 78.9 Å². The van der Waals surface area contributed by atoms with Gasteiger partial charge in [-0.25, -0.2) is 9.59 Å². The number of aliphatic carboxylic acids is 2. The highest BCUT2D eigenvalue weighted by atomic mass is 16.6. The predicted molar refractivity (Wildman–Crippen MR) is 431 cm³/mol. The molecule has 7 N–H and O–H groups in total. The SMILES string of the molecule is CC(C)C[C@H](NC(=O)[C@H](C)N(C)C(=O)OCC1c2ccccc2-c2ccccc21)C(=O)N(C)CC(=O)N(C)[C@@H](C)C(=O)N[C@@H](CC(C)C)C(=O)N(C)[C@@H](Cc1ccccc1)C(=O)N(C)[C@@H](C)C(=O)NCC(=O)N[C@@H](CC(C)C)C(=O)N(C)[C@@H](CC(C)C)C(=O)N[C@@H](C)C(=O)N(C)[C@H](C(=O)N(C)[C@@H](CC(=O)O)C(=O)O)C1CCCCC1. The Morgan fingerprint density at radius 2 is 0.887 bits per heavy atom. The molecular formula is C84H125N13O18. The maximum atomic E-state index is 14.9. The van der Waals surface area contributed by atoms with Crippen LogP contribution in [0.25, 0.3) is 11.1 Å². The van der Waals surface area contributed by atoms with Gasteiger partial charge in [-0.2, -0.15) is 0 Å². The van der Waals surface area contributed by atoms with Gasteiger partial charge in [0.25, 0.3) is 0 Å². The number of carbonyl (C=O) groups excluding carboxylic acids is 13. The Morgan fingerprint density at radius 1 is 0.435 bits per heavy atom. The molecule has 31 heteroatoms. The normalized spacial score (nSPS) is 15.5. The highest BCUT2D eigenvalue weighted by Gasteiger charge is 2.44. The van der Waals surface area contributed by atoms with Crippen molar-refractivity contribution < 1.29 is 86.9 Å². The quantitative estimate of drug-likeness (QED) is 0.0376. The van der Waals surface area contributed by atoms with Gasteiger partial charge in [-0.1, -0.05) is 154 Å². The van der Waals surface area contributed by atoms with Gasteiger partial charge in [0.05, 0.1) is 19.5 Å². The highest BCUT2D eigenvalue weighted by molar-refractivity contribution is 5.99. The van der Waals surface area contributed by atoms with E-state index in [0.29, 0.717) is 18.4 Å². The van der Waals surface area contributed by atoms with Crippen molar-refractivity contribution in [3.05, 3.63) is 95.6 Å². The van der Waals surface area contributed by atoms with Crippen LogP contribution in [0, 0.1) is 29.6 Å².